The minimum absolute atomic E-state index is 0.155. The summed E-state index contributed by atoms with van der Waals surface area (Å²) in [6.07, 6.45) is 1.22. The van der Waals surface area contributed by atoms with E-state index in [1.54, 1.807) is 0 Å². The average molecular weight is 278 g/mol. The highest BCUT2D eigenvalue weighted by Crippen LogP contribution is 2.30. The van der Waals surface area contributed by atoms with Crippen molar-refractivity contribution in [2.75, 3.05) is 18.4 Å². The first-order valence-corrected chi connectivity index (χ1v) is 7.03. The SMILES string of the molecule is CC(Cc1ccc2c(c1)NCC(C)O2)NCCC(=O)O. The van der Waals surface area contributed by atoms with Crippen LogP contribution in [0.2, 0.25) is 0 Å². The Labute approximate surface area is 119 Å². The summed E-state index contributed by atoms with van der Waals surface area (Å²) in [5.74, 6) is 0.132. The van der Waals surface area contributed by atoms with E-state index in [2.05, 4.69) is 29.7 Å². The van der Waals surface area contributed by atoms with Gasteiger partial charge in [0.2, 0.25) is 0 Å². The van der Waals surface area contributed by atoms with Gasteiger partial charge in [0, 0.05) is 12.6 Å². The van der Waals surface area contributed by atoms with Crippen LogP contribution in [0.5, 0.6) is 5.75 Å². The summed E-state index contributed by atoms with van der Waals surface area (Å²) in [6, 6.07) is 6.41. The summed E-state index contributed by atoms with van der Waals surface area (Å²) < 4.78 is 5.74. The molecule has 0 radical (unpaired) electrons. The molecule has 0 saturated heterocycles. The molecule has 1 aliphatic heterocycles. The van der Waals surface area contributed by atoms with Crippen LogP contribution in [0.15, 0.2) is 18.2 Å². The van der Waals surface area contributed by atoms with Crippen LogP contribution in [-0.4, -0.2) is 36.3 Å². The van der Waals surface area contributed by atoms with E-state index >= 15 is 0 Å². The first kappa shape index (κ1) is 14.7. The van der Waals surface area contributed by atoms with Gasteiger partial charge < -0.3 is 20.5 Å². The van der Waals surface area contributed by atoms with Crippen LogP contribution in [0.25, 0.3) is 0 Å². The van der Waals surface area contributed by atoms with Crippen molar-refractivity contribution in [1.82, 2.24) is 5.32 Å². The monoisotopic (exact) mass is 278 g/mol. The van der Waals surface area contributed by atoms with Gasteiger partial charge in [0.15, 0.2) is 0 Å². The largest absolute Gasteiger partial charge is 0.487 e. The van der Waals surface area contributed by atoms with Crippen molar-refractivity contribution in [3.63, 3.8) is 0 Å². The van der Waals surface area contributed by atoms with Gasteiger partial charge in [0.25, 0.3) is 0 Å². The number of anilines is 1. The van der Waals surface area contributed by atoms with E-state index < -0.39 is 5.97 Å². The summed E-state index contributed by atoms with van der Waals surface area (Å²) in [5, 5.41) is 15.2. The van der Waals surface area contributed by atoms with Crippen LogP contribution >= 0.6 is 0 Å². The van der Waals surface area contributed by atoms with Gasteiger partial charge in [-0.05, 0) is 38.0 Å². The quantitative estimate of drug-likeness (QED) is 0.741. The summed E-state index contributed by atoms with van der Waals surface area (Å²) in [5.41, 5.74) is 2.25. The maximum Gasteiger partial charge on any atom is 0.304 e. The molecule has 2 rings (SSSR count). The number of hydrogen-bond donors (Lipinski definition) is 3. The van der Waals surface area contributed by atoms with Crippen LogP contribution in [-0.2, 0) is 11.2 Å². The minimum Gasteiger partial charge on any atom is -0.487 e. The Morgan fingerprint density at radius 3 is 3.15 bits per heavy atom. The Bertz CT molecular complexity index is 476. The number of fused-ring (bicyclic) bond motifs is 1. The van der Waals surface area contributed by atoms with Crippen molar-refractivity contribution < 1.29 is 14.6 Å². The molecular weight excluding hydrogens is 256 g/mol. The molecule has 0 bridgehead atoms. The highest BCUT2D eigenvalue weighted by molar-refractivity contribution is 5.66. The lowest BCUT2D eigenvalue weighted by Gasteiger charge is -2.25. The van der Waals surface area contributed by atoms with Gasteiger partial charge in [-0.25, -0.2) is 0 Å². The van der Waals surface area contributed by atoms with Crippen molar-refractivity contribution in [2.24, 2.45) is 0 Å². The fourth-order valence-corrected chi connectivity index (χ4v) is 2.31. The first-order chi connectivity index (χ1) is 9.54. The highest BCUT2D eigenvalue weighted by atomic mass is 16.5. The lowest BCUT2D eigenvalue weighted by molar-refractivity contribution is -0.136. The van der Waals surface area contributed by atoms with E-state index in [4.69, 9.17) is 9.84 Å². The molecular formula is C15H22N2O3. The lowest BCUT2D eigenvalue weighted by Crippen LogP contribution is -2.30. The Morgan fingerprint density at radius 2 is 2.40 bits per heavy atom. The molecule has 0 fully saturated rings. The van der Waals surface area contributed by atoms with Crippen molar-refractivity contribution in [3.05, 3.63) is 23.8 Å². The molecule has 2 unspecified atom stereocenters. The molecule has 5 heteroatoms. The summed E-state index contributed by atoms with van der Waals surface area (Å²) >= 11 is 0. The molecule has 1 aromatic carbocycles. The Hall–Kier alpha value is -1.75. The number of hydrogen-bond acceptors (Lipinski definition) is 4. The maximum atomic E-state index is 10.5. The molecule has 0 amide bonds. The van der Waals surface area contributed by atoms with Gasteiger partial charge in [-0.2, -0.15) is 0 Å². The number of benzene rings is 1. The topological polar surface area (TPSA) is 70.6 Å². The number of aliphatic carboxylic acids is 1. The van der Waals surface area contributed by atoms with Gasteiger partial charge in [-0.1, -0.05) is 6.07 Å². The number of carbonyl (C=O) groups is 1. The summed E-state index contributed by atoms with van der Waals surface area (Å²) in [7, 11) is 0. The number of carboxylic acids is 1. The zero-order valence-electron chi connectivity index (χ0n) is 12.0. The smallest absolute Gasteiger partial charge is 0.304 e. The standard InChI is InChI=1S/C15H22N2O3/c1-10(16-6-5-15(18)19)7-12-3-4-14-13(8-12)17-9-11(2)20-14/h3-4,8,10-11,16-17H,5-7,9H2,1-2H3,(H,18,19). The molecule has 20 heavy (non-hydrogen) atoms. The normalized spacial score (nSPS) is 18.6. The zero-order valence-corrected chi connectivity index (χ0v) is 12.0. The van der Waals surface area contributed by atoms with Crippen LogP contribution in [0.1, 0.15) is 25.8 Å². The summed E-state index contributed by atoms with van der Waals surface area (Å²) in [4.78, 5) is 10.5. The fraction of sp³-hybridized carbons (Fsp3) is 0.533. The molecule has 0 saturated carbocycles. The molecule has 2 atom stereocenters. The maximum absolute atomic E-state index is 10.5. The summed E-state index contributed by atoms with van der Waals surface area (Å²) in [6.45, 7) is 5.43. The predicted molar refractivity (Wildman–Crippen MR) is 78.4 cm³/mol. The molecule has 1 heterocycles. The van der Waals surface area contributed by atoms with E-state index in [-0.39, 0.29) is 18.6 Å². The van der Waals surface area contributed by atoms with E-state index in [0.29, 0.717) is 6.54 Å². The van der Waals surface area contributed by atoms with Crippen LogP contribution in [0.3, 0.4) is 0 Å². The Balaban J connectivity index is 1.88. The number of carboxylic acid groups (broad SMARTS) is 1. The lowest BCUT2D eigenvalue weighted by atomic mass is 10.1. The van der Waals surface area contributed by atoms with Crippen LogP contribution in [0.4, 0.5) is 5.69 Å². The highest BCUT2D eigenvalue weighted by Gasteiger charge is 2.15. The molecule has 0 aromatic heterocycles. The molecule has 0 spiro atoms. The molecule has 110 valence electrons. The third kappa shape index (κ3) is 4.13. The van der Waals surface area contributed by atoms with Gasteiger partial charge in [-0.3, -0.25) is 4.79 Å². The third-order valence-electron chi connectivity index (χ3n) is 3.33. The second kappa shape index (κ2) is 6.61. The molecule has 1 aromatic rings. The van der Waals surface area contributed by atoms with E-state index in [1.807, 2.05) is 13.0 Å². The Kier molecular flexibility index (Phi) is 4.84. The van der Waals surface area contributed by atoms with Gasteiger partial charge >= 0.3 is 5.97 Å². The number of rotatable bonds is 6. The van der Waals surface area contributed by atoms with Gasteiger partial charge in [-0.15, -0.1) is 0 Å². The minimum atomic E-state index is -0.769. The van der Waals surface area contributed by atoms with Gasteiger partial charge in [0.05, 0.1) is 18.7 Å². The molecule has 0 aliphatic carbocycles. The van der Waals surface area contributed by atoms with Crippen molar-refractivity contribution >= 4 is 11.7 Å². The van der Waals surface area contributed by atoms with Gasteiger partial charge in [0.1, 0.15) is 11.9 Å². The van der Waals surface area contributed by atoms with Crippen LogP contribution in [0, 0.1) is 0 Å². The molecule has 5 nitrogen and oxygen atoms in total. The van der Waals surface area contributed by atoms with Crippen molar-refractivity contribution in [1.29, 1.82) is 0 Å². The van der Waals surface area contributed by atoms with Crippen molar-refractivity contribution in [2.45, 2.75) is 38.8 Å². The van der Waals surface area contributed by atoms with E-state index in [0.717, 1.165) is 24.4 Å². The molecule has 1 aliphatic rings. The predicted octanol–water partition coefficient (Wildman–Crippen LogP) is 1.87. The van der Waals surface area contributed by atoms with E-state index in [9.17, 15) is 4.79 Å². The number of ether oxygens (including phenoxy) is 1. The number of nitrogens with one attached hydrogen (secondary N) is 2. The average Bonchev–Trinajstić information content (AvgIpc) is 2.38. The zero-order chi connectivity index (χ0) is 14.5. The van der Waals surface area contributed by atoms with E-state index in [1.165, 1.54) is 5.56 Å². The molecule has 3 N–H and O–H groups in total. The first-order valence-electron chi connectivity index (χ1n) is 7.03. The third-order valence-corrected chi connectivity index (χ3v) is 3.33. The second-order valence-electron chi connectivity index (χ2n) is 5.34. The Morgan fingerprint density at radius 1 is 1.60 bits per heavy atom. The fourth-order valence-electron chi connectivity index (χ4n) is 2.31. The van der Waals surface area contributed by atoms with Crippen molar-refractivity contribution in [3.8, 4) is 5.75 Å². The second-order valence-corrected chi connectivity index (χ2v) is 5.34. The van der Waals surface area contributed by atoms with Crippen LogP contribution < -0.4 is 15.4 Å².